The molecule has 1 aromatic rings. The largest absolute Gasteiger partial charge is 0.396 e. The summed E-state index contributed by atoms with van der Waals surface area (Å²) in [6.45, 7) is 4.24. The molecule has 0 saturated heterocycles. The second-order valence-electron chi connectivity index (χ2n) is 2.63. The maximum atomic E-state index is 8.52. The van der Waals surface area contributed by atoms with E-state index in [1.807, 2.05) is 56.3 Å². The summed E-state index contributed by atoms with van der Waals surface area (Å²) in [5.74, 6) is 0. The van der Waals surface area contributed by atoms with Crippen LogP contribution in [-0.2, 0) is 6.42 Å². The van der Waals surface area contributed by atoms with E-state index in [9.17, 15) is 0 Å². The molecule has 0 aliphatic carbocycles. The number of benzene rings is 1. The number of hydrogen-bond donors (Lipinski definition) is 1. The van der Waals surface area contributed by atoms with E-state index in [1.165, 1.54) is 5.56 Å². The molecular formula is C12H18O. The lowest BCUT2D eigenvalue weighted by atomic mass is 10.2. The van der Waals surface area contributed by atoms with Gasteiger partial charge in [-0.2, -0.15) is 0 Å². The second-order valence-corrected chi connectivity index (χ2v) is 2.63. The van der Waals surface area contributed by atoms with Gasteiger partial charge in [-0.25, -0.2) is 0 Å². The average molecular weight is 178 g/mol. The summed E-state index contributed by atoms with van der Waals surface area (Å²) >= 11 is 0. The Morgan fingerprint density at radius 1 is 1.08 bits per heavy atom. The molecule has 1 N–H and O–H groups in total. The summed E-state index contributed by atoms with van der Waals surface area (Å²) in [6, 6.07) is 9.95. The number of aliphatic hydroxyl groups excluding tert-OH is 1. The van der Waals surface area contributed by atoms with Gasteiger partial charge in [-0.15, -0.1) is 0 Å². The third-order valence-corrected chi connectivity index (χ3v) is 1.58. The predicted octanol–water partition coefficient (Wildman–Crippen LogP) is 2.80. The molecule has 0 fully saturated rings. The average Bonchev–Trinajstić information content (AvgIpc) is 2.20. The quantitative estimate of drug-likeness (QED) is 0.690. The van der Waals surface area contributed by atoms with E-state index in [4.69, 9.17) is 5.11 Å². The molecule has 1 nitrogen and oxygen atoms in total. The van der Waals surface area contributed by atoms with Crippen molar-refractivity contribution in [2.75, 3.05) is 6.61 Å². The zero-order valence-electron chi connectivity index (χ0n) is 8.40. The first-order chi connectivity index (χ1) is 6.35. The Kier molecular flexibility index (Phi) is 8.26. The highest BCUT2D eigenvalue weighted by Gasteiger charge is 1.85. The van der Waals surface area contributed by atoms with Crippen LogP contribution in [0.2, 0.25) is 0 Å². The van der Waals surface area contributed by atoms with Crippen molar-refractivity contribution in [3.05, 3.63) is 48.0 Å². The molecule has 1 rings (SSSR count). The van der Waals surface area contributed by atoms with Gasteiger partial charge in [0.05, 0.1) is 0 Å². The van der Waals surface area contributed by atoms with Gasteiger partial charge in [0.1, 0.15) is 0 Å². The summed E-state index contributed by atoms with van der Waals surface area (Å²) in [5, 5.41) is 8.52. The lowest BCUT2D eigenvalue weighted by Gasteiger charge is -1.93. The molecule has 0 aliphatic rings. The van der Waals surface area contributed by atoms with Gasteiger partial charge in [-0.3, -0.25) is 0 Å². The van der Waals surface area contributed by atoms with E-state index in [2.05, 4.69) is 0 Å². The van der Waals surface area contributed by atoms with Crippen molar-refractivity contribution in [3.63, 3.8) is 0 Å². The molecule has 0 aliphatic heterocycles. The normalized spacial score (nSPS) is 9.46. The highest BCUT2D eigenvalue weighted by molar-refractivity contribution is 5.14. The van der Waals surface area contributed by atoms with E-state index in [0.29, 0.717) is 0 Å². The van der Waals surface area contributed by atoms with Gasteiger partial charge in [0.25, 0.3) is 0 Å². The first kappa shape index (κ1) is 11.9. The van der Waals surface area contributed by atoms with Gasteiger partial charge in [0.2, 0.25) is 0 Å². The van der Waals surface area contributed by atoms with Crippen molar-refractivity contribution >= 4 is 0 Å². The Balaban J connectivity index is 0.000000310. The standard InChI is InChI=1S/C8H10O.C4H8/c9-7-6-8-4-2-1-3-5-8;1-3-4-2/h1-5,9H,6-7H2;3-4H,1-2H3/b;4-3-. The van der Waals surface area contributed by atoms with Crippen LogP contribution in [-0.4, -0.2) is 11.7 Å². The molecule has 0 amide bonds. The van der Waals surface area contributed by atoms with E-state index in [-0.39, 0.29) is 6.61 Å². The molecule has 0 aromatic heterocycles. The minimum Gasteiger partial charge on any atom is -0.396 e. The Morgan fingerprint density at radius 3 is 2.00 bits per heavy atom. The summed E-state index contributed by atoms with van der Waals surface area (Å²) in [7, 11) is 0. The minimum atomic E-state index is 0.240. The summed E-state index contributed by atoms with van der Waals surface area (Å²) < 4.78 is 0. The maximum absolute atomic E-state index is 8.52. The van der Waals surface area contributed by atoms with Crippen molar-refractivity contribution in [1.29, 1.82) is 0 Å². The van der Waals surface area contributed by atoms with E-state index < -0.39 is 0 Å². The van der Waals surface area contributed by atoms with Gasteiger partial charge >= 0.3 is 0 Å². The van der Waals surface area contributed by atoms with Crippen molar-refractivity contribution < 1.29 is 5.11 Å². The fourth-order valence-corrected chi connectivity index (χ4v) is 0.774. The van der Waals surface area contributed by atoms with Crippen LogP contribution in [0.25, 0.3) is 0 Å². The summed E-state index contributed by atoms with van der Waals surface area (Å²) in [5.41, 5.74) is 1.19. The van der Waals surface area contributed by atoms with Crippen molar-refractivity contribution in [2.45, 2.75) is 20.3 Å². The van der Waals surface area contributed by atoms with Crippen LogP contribution in [0, 0.1) is 0 Å². The molecule has 1 heteroatoms. The van der Waals surface area contributed by atoms with Crippen LogP contribution < -0.4 is 0 Å². The minimum absolute atomic E-state index is 0.240. The summed E-state index contributed by atoms with van der Waals surface area (Å²) in [4.78, 5) is 0. The Hall–Kier alpha value is -1.08. The van der Waals surface area contributed by atoms with E-state index in [1.54, 1.807) is 0 Å². The molecule has 0 spiro atoms. The predicted molar refractivity (Wildman–Crippen MR) is 57.7 cm³/mol. The van der Waals surface area contributed by atoms with Crippen molar-refractivity contribution in [2.24, 2.45) is 0 Å². The van der Waals surface area contributed by atoms with Crippen LogP contribution >= 0.6 is 0 Å². The van der Waals surface area contributed by atoms with Crippen molar-refractivity contribution in [1.82, 2.24) is 0 Å². The molecular weight excluding hydrogens is 160 g/mol. The lowest BCUT2D eigenvalue weighted by Crippen LogP contribution is -1.88. The highest BCUT2D eigenvalue weighted by atomic mass is 16.2. The zero-order valence-corrected chi connectivity index (χ0v) is 8.40. The van der Waals surface area contributed by atoms with Crippen LogP contribution in [0.3, 0.4) is 0 Å². The van der Waals surface area contributed by atoms with Gasteiger partial charge < -0.3 is 5.11 Å². The monoisotopic (exact) mass is 178 g/mol. The first-order valence-corrected chi connectivity index (χ1v) is 4.57. The molecule has 0 unspecified atom stereocenters. The third-order valence-electron chi connectivity index (χ3n) is 1.58. The van der Waals surface area contributed by atoms with Crippen molar-refractivity contribution in [3.8, 4) is 0 Å². The molecule has 0 radical (unpaired) electrons. The smallest absolute Gasteiger partial charge is 0.0471 e. The molecule has 0 heterocycles. The molecule has 13 heavy (non-hydrogen) atoms. The number of aliphatic hydroxyl groups is 1. The SMILES string of the molecule is C/C=C\C.OCCc1ccccc1. The van der Waals surface area contributed by atoms with E-state index in [0.717, 1.165) is 6.42 Å². The maximum Gasteiger partial charge on any atom is 0.0471 e. The molecule has 72 valence electrons. The molecule has 0 saturated carbocycles. The Bertz CT molecular complexity index is 210. The van der Waals surface area contributed by atoms with Gasteiger partial charge in [0, 0.05) is 6.61 Å². The third kappa shape index (κ3) is 7.29. The van der Waals surface area contributed by atoms with Gasteiger partial charge in [-0.1, -0.05) is 42.5 Å². The fraction of sp³-hybridized carbons (Fsp3) is 0.333. The second kappa shape index (κ2) is 9.01. The fourth-order valence-electron chi connectivity index (χ4n) is 0.774. The van der Waals surface area contributed by atoms with Crippen LogP contribution in [0.4, 0.5) is 0 Å². The van der Waals surface area contributed by atoms with Crippen LogP contribution in [0.1, 0.15) is 19.4 Å². The number of hydrogen-bond acceptors (Lipinski definition) is 1. The van der Waals surface area contributed by atoms with Crippen LogP contribution in [0.15, 0.2) is 42.5 Å². The van der Waals surface area contributed by atoms with Gasteiger partial charge in [-0.05, 0) is 25.8 Å². The topological polar surface area (TPSA) is 20.2 Å². The Morgan fingerprint density at radius 2 is 1.62 bits per heavy atom. The number of allylic oxidation sites excluding steroid dienone is 2. The molecule has 0 atom stereocenters. The van der Waals surface area contributed by atoms with E-state index >= 15 is 0 Å². The molecule has 0 bridgehead atoms. The number of rotatable bonds is 2. The summed E-state index contributed by atoms with van der Waals surface area (Å²) in [6.07, 6.45) is 4.76. The zero-order chi connectivity index (χ0) is 9.94. The first-order valence-electron chi connectivity index (χ1n) is 4.57. The lowest BCUT2D eigenvalue weighted by molar-refractivity contribution is 0.299. The molecule has 1 aromatic carbocycles. The highest BCUT2D eigenvalue weighted by Crippen LogP contribution is 1.97. The van der Waals surface area contributed by atoms with Crippen LogP contribution in [0.5, 0.6) is 0 Å². The van der Waals surface area contributed by atoms with Gasteiger partial charge in [0.15, 0.2) is 0 Å². The Labute approximate surface area is 80.7 Å².